The predicted octanol–water partition coefficient (Wildman–Crippen LogP) is 2.03. The van der Waals surface area contributed by atoms with Gasteiger partial charge in [-0.3, -0.25) is 10.1 Å². The van der Waals surface area contributed by atoms with Gasteiger partial charge >= 0.3 is 0 Å². The number of quaternary nitrogens is 1. The molecule has 2 aromatic carbocycles. The summed E-state index contributed by atoms with van der Waals surface area (Å²) in [7, 11) is 0. The van der Waals surface area contributed by atoms with Crippen LogP contribution in [-0.4, -0.2) is 44.3 Å². The zero-order chi connectivity index (χ0) is 17.6. The van der Waals surface area contributed by atoms with Gasteiger partial charge in [0.05, 0.1) is 41.8 Å². The van der Waals surface area contributed by atoms with E-state index in [1.165, 1.54) is 17.0 Å². The molecule has 7 heteroatoms. The first-order chi connectivity index (χ1) is 12.1. The van der Waals surface area contributed by atoms with Crippen molar-refractivity contribution in [1.82, 2.24) is 0 Å². The summed E-state index contributed by atoms with van der Waals surface area (Å²) < 4.78 is 5.76. The minimum Gasteiger partial charge on any atom is -0.488 e. The highest BCUT2D eigenvalue weighted by molar-refractivity contribution is 6.33. The summed E-state index contributed by atoms with van der Waals surface area (Å²) in [6.45, 7) is 5.38. The van der Waals surface area contributed by atoms with Crippen molar-refractivity contribution in [3.8, 4) is 5.75 Å². The van der Waals surface area contributed by atoms with Gasteiger partial charge in [-0.2, -0.15) is 0 Å². The molecule has 1 N–H and O–H groups in total. The third-order valence-corrected chi connectivity index (χ3v) is 4.72. The molecule has 0 aromatic heterocycles. The van der Waals surface area contributed by atoms with Gasteiger partial charge in [0, 0.05) is 12.1 Å². The van der Waals surface area contributed by atoms with E-state index in [2.05, 4.69) is 4.90 Å². The van der Waals surface area contributed by atoms with Crippen LogP contribution in [0.15, 0.2) is 48.5 Å². The molecule has 1 aliphatic heterocycles. The van der Waals surface area contributed by atoms with E-state index in [1.807, 2.05) is 30.3 Å². The second-order valence-corrected chi connectivity index (χ2v) is 6.45. The third kappa shape index (κ3) is 4.61. The fourth-order valence-electron chi connectivity index (χ4n) is 3.01. The van der Waals surface area contributed by atoms with Crippen LogP contribution < -0.4 is 14.5 Å². The minimum atomic E-state index is -0.426. The van der Waals surface area contributed by atoms with Gasteiger partial charge in [0.25, 0.3) is 5.69 Å². The van der Waals surface area contributed by atoms with E-state index in [9.17, 15) is 10.1 Å². The average Bonchev–Trinajstić information content (AvgIpc) is 2.63. The summed E-state index contributed by atoms with van der Waals surface area (Å²) in [6.07, 6.45) is 0. The van der Waals surface area contributed by atoms with Gasteiger partial charge in [-0.1, -0.05) is 29.8 Å². The molecule has 6 nitrogen and oxygen atoms in total. The van der Waals surface area contributed by atoms with Crippen LogP contribution in [0.5, 0.6) is 5.75 Å². The summed E-state index contributed by atoms with van der Waals surface area (Å²) in [4.78, 5) is 14.1. The second-order valence-electron chi connectivity index (χ2n) is 6.04. The van der Waals surface area contributed by atoms with Crippen molar-refractivity contribution in [1.29, 1.82) is 0 Å². The topological polar surface area (TPSA) is 60.0 Å². The fourth-order valence-corrected chi connectivity index (χ4v) is 3.30. The lowest BCUT2D eigenvalue weighted by molar-refractivity contribution is -0.900. The highest BCUT2D eigenvalue weighted by Gasteiger charge is 2.22. The number of nitro groups is 1. The Hall–Kier alpha value is -2.31. The fraction of sp³-hybridized carbons (Fsp3) is 0.333. The largest absolute Gasteiger partial charge is 0.488 e. The van der Waals surface area contributed by atoms with Gasteiger partial charge in [-0.05, 0) is 18.2 Å². The summed E-state index contributed by atoms with van der Waals surface area (Å²) >= 11 is 6.22. The van der Waals surface area contributed by atoms with E-state index in [0.717, 1.165) is 44.2 Å². The molecule has 1 heterocycles. The molecule has 1 fully saturated rings. The number of non-ortho nitro benzene ring substituents is 1. The number of halogens is 1. The molecule has 0 radical (unpaired) electrons. The number of piperazine rings is 1. The van der Waals surface area contributed by atoms with Crippen molar-refractivity contribution in [2.45, 2.75) is 0 Å². The van der Waals surface area contributed by atoms with Crippen molar-refractivity contribution in [3.63, 3.8) is 0 Å². The number of nitrogens with zero attached hydrogens (tertiary/aromatic N) is 2. The van der Waals surface area contributed by atoms with E-state index in [-0.39, 0.29) is 5.69 Å². The zero-order valence-electron chi connectivity index (χ0n) is 13.9. The maximum absolute atomic E-state index is 10.8. The number of rotatable bonds is 6. The van der Waals surface area contributed by atoms with Gasteiger partial charge in [0.1, 0.15) is 18.9 Å². The minimum absolute atomic E-state index is 0.0241. The van der Waals surface area contributed by atoms with Crippen LogP contribution in [0.4, 0.5) is 11.4 Å². The number of ether oxygens (including phenoxy) is 1. The maximum Gasteiger partial charge on any atom is 0.271 e. The Morgan fingerprint density at radius 2 is 1.88 bits per heavy atom. The number of para-hydroxylation sites is 1. The predicted molar refractivity (Wildman–Crippen MR) is 97.8 cm³/mol. The Bertz CT molecular complexity index is 719. The molecule has 1 aliphatic rings. The Kier molecular flexibility index (Phi) is 5.73. The molecule has 0 aliphatic carbocycles. The number of hydrogen-bond acceptors (Lipinski definition) is 4. The number of nitro benzene ring substituents is 1. The number of hydrogen-bond donors (Lipinski definition) is 1. The Morgan fingerprint density at radius 1 is 1.16 bits per heavy atom. The molecule has 0 bridgehead atoms. The number of nitrogens with one attached hydrogen (secondary N) is 1. The monoisotopic (exact) mass is 362 g/mol. The zero-order valence-corrected chi connectivity index (χ0v) is 14.6. The van der Waals surface area contributed by atoms with Crippen LogP contribution >= 0.6 is 11.6 Å². The van der Waals surface area contributed by atoms with Crippen molar-refractivity contribution >= 4 is 23.0 Å². The van der Waals surface area contributed by atoms with Crippen LogP contribution in [0.1, 0.15) is 0 Å². The van der Waals surface area contributed by atoms with Gasteiger partial charge in [-0.15, -0.1) is 0 Å². The van der Waals surface area contributed by atoms with Gasteiger partial charge in [0.2, 0.25) is 0 Å². The summed E-state index contributed by atoms with van der Waals surface area (Å²) in [5.41, 5.74) is 0.892. The summed E-state index contributed by atoms with van der Waals surface area (Å²) in [5, 5.41) is 11.2. The lowest BCUT2D eigenvalue weighted by atomic mass is 10.2. The molecular weight excluding hydrogens is 342 g/mol. The first-order valence-corrected chi connectivity index (χ1v) is 8.71. The van der Waals surface area contributed by atoms with Crippen LogP contribution in [0.3, 0.4) is 0 Å². The molecule has 2 aromatic rings. The molecule has 1 saturated heterocycles. The average molecular weight is 363 g/mol. The van der Waals surface area contributed by atoms with E-state index >= 15 is 0 Å². The third-order valence-electron chi connectivity index (χ3n) is 4.42. The van der Waals surface area contributed by atoms with E-state index in [4.69, 9.17) is 16.3 Å². The molecule has 0 atom stereocenters. The Morgan fingerprint density at radius 3 is 2.52 bits per heavy atom. The molecular formula is C18H21ClN3O3+. The van der Waals surface area contributed by atoms with E-state index in [1.54, 1.807) is 6.07 Å². The Balaban J connectivity index is 1.48. The lowest BCUT2D eigenvalue weighted by Gasteiger charge is -2.34. The molecule has 0 spiro atoms. The smallest absolute Gasteiger partial charge is 0.271 e. The highest BCUT2D eigenvalue weighted by Crippen LogP contribution is 2.29. The maximum atomic E-state index is 10.8. The SMILES string of the molecule is O=[N+]([O-])c1ccc(N2CC[NH+](CCOc3ccccc3)CC2)c(Cl)c1. The second kappa shape index (κ2) is 8.18. The number of anilines is 1. The highest BCUT2D eigenvalue weighted by atomic mass is 35.5. The molecule has 0 amide bonds. The van der Waals surface area contributed by atoms with E-state index in [0.29, 0.717) is 11.6 Å². The quantitative estimate of drug-likeness (QED) is 0.631. The molecule has 0 saturated carbocycles. The van der Waals surface area contributed by atoms with Crippen molar-refractivity contribution in [3.05, 3.63) is 63.7 Å². The van der Waals surface area contributed by atoms with Gasteiger partial charge < -0.3 is 14.5 Å². The Labute approximate surface area is 151 Å². The standard InChI is InChI=1S/C18H20ClN3O3/c19-17-14-15(22(23)24)6-7-18(17)21-10-8-20(9-11-21)12-13-25-16-4-2-1-3-5-16/h1-7,14H,8-13H2/p+1. The first-order valence-electron chi connectivity index (χ1n) is 8.34. The van der Waals surface area contributed by atoms with Crippen LogP contribution in [0, 0.1) is 10.1 Å². The van der Waals surface area contributed by atoms with Gasteiger partial charge in [-0.25, -0.2) is 0 Å². The van der Waals surface area contributed by atoms with Crippen LogP contribution in [-0.2, 0) is 0 Å². The van der Waals surface area contributed by atoms with E-state index < -0.39 is 4.92 Å². The van der Waals surface area contributed by atoms with Crippen LogP contribution in [0.25, 0.3) is 0 Å². The van der Waals surface area contributed by atoms with Gasteiger partial charge in [0.15, 0.2) is 0 Å². The number of benzene rings is 2. The molecule has 25 heavy (non-hydrogen) atoms. The molecule has 0 unspecified atom stereocenters. The van der Waals surface area contributed by atoms with Crippen molar-refractivity contribution < 1.29 is 14.6 Å². The molecule has 132 valence electrons. The molecule has 3 rings (SSSR count). The summed E-state index contributed by atoms with van der Waals surface area (Å²) in [6, 6.07) is 14.5. The van der Waals surface area contributed by atoms with Crippen molar-refractivity contribution in [2.75, 3.05) is 44.2 Å². The lowest BCUT2D eigenvalue weighted by Crippen LogP contribution is -3.15. The summed E-state index contributed by atoms with van der Waals surface area (Å²) in [5.74, 6) is 0.901. The van der Waals surface area contributed by atoms with Crippen LogP contribution in [0.2, 0.25) is 5.02 Å². The first kappa shape index (κ1) is 17.5. The normalized spacial score (nSPS) is 15.2. The van der Waals surface area contributed by atoms with Crippen molar-refractivity contribution in [2.24, 2.45) is 0 Å².